The first kappa shape index (κ1) is 19.7. The normalized spacial score (nSPS) is 14.8. The number of amides is 1. The van der Waals surface area contributed by atoms with E-state index in [1.807, 2.05) is 28.9 Å². The van der Waals surface area contributed by atoms with Gasteiger partial charge in [0.05, 0.1) is 24.1 Å². The number of carbonyl (C=O) groups excluding carboxylic acids is 1. The van der Waals surface area contributed by atoms with Crippen molar-refractivity contribution >= 4 is 27.3 Å². The zero-order valence-corrected chi connectivity index (χ0v) is 18.2. The standard InChI is InChI=1S/C23H24N6OS/c1-16-5-7-17(8-6-16)20-15-29-22(26-20)31-23(27-29)28-12-9-18(10-13-28)21(30)25-14-19-4-2-3-11-24-19/h2-8,11,15,18H,9-10,12-14H2,1H3,(H,25,30). The summed E-state index contributed by atoms with van der Waals surface area (Å²) < 4.78 is 1.86. The number of aryl methyl sites for hydroxylation is 1. The molecule has 7 nitrogen and oxygen atoms in total. The number of hydrogen-bond acceptors (Lipinski definition) is 6. The molecule has 0 saturated carbocycles. The van der Waals surface area contributed by atoms with Crippen LogP contribution < -0.4 is 10.2 Å². The highest BCUT2D eigenvalue weighted by Crippen LogP contribution is 2.29. The molecule has 158 valence electrons. The van der Waals surface area contributed by atoms with Crippen LogP contribution in [-0.2, 0) is 11.3 Å². The van der Waals surface area contributed by atoms with E-state index in [2.05, 4.69) is 46.4 Å². The molecule has 1 N–H and O–H groups in total. The first-order chi connectivity index (χ1) is 15.2. The molecule has 5 rings (SSSR count). The molecule has 0 radical (unpaired) electrons. The van der Waals surface area contributed by atoms with Crippen LogP contribution in [0.4, 0.5) is 5.13 Å². The van der Waals surface area contributed by atoms with Crippen molar-refractivity contribution in [2.45, 2.75) is 26.3 Å². The second-order valence-electron chi connectivity index (χ2n) is 7.90. The average Bonchev–Trinajstić information content (AvgIpc) is 3.38. The lowest BCUT2D eigenvalue weighted by Crippen LogP contribution is -2.40. The van der Waals surface area contributed by atoms with Crippen LogP contribution in [0, 0.1) is 12.8 Å². The van der Waals surface area contributed by atoms with Crippen molar-refractivity contribution in [2.75, 3.05) is 18.0 Å². The van der Waals surface area contributed by atoms with Gasteiger partial charge >= 0.3 is 0 Å². The van der Waals surface area contributed by atoms with E-state index in [1.54, 1.807) is 17.5 Å². The zero-order chi connectivity index (χ0) is 21.2. The molecule has 0 unspecified atom stereocenters. The minimum absolute atomic E-state index is 0.0390. The van der Waals surface area contributed by atoms with Crippen molar-refractivity contribution in [2.24, 2.45) is 5.92 Å². The third kappa shape index (κ3) is 4.29. The summed E-state index contributed by atoms with van der Waals surface area (Å²) in [6, 6.07) is 14.1. The van der Waals surface area contributed by atoms with Crippen LogP contribution in [0.25, 0.3) is 16.2 Å². The van der Waals surface area contributed by atoms with E-state index in [1.165, 1.54) is 5.56 Å². The molecule has 31 heavy (non-hydrogen) atoms. The molecule has 3 aromatic heterocycles. The Bertz CT molecular complexity index is 1140. The molecule has 4 aromatic rings. The number of pyridine rings is 1. The second-order valence-corrected chi connectivity index (χ2v) is 8.84. The molecule has 0 aliphatic carbocycles. The van der Waals surface area contributed by atoms with Crippen molar-refractivity contribution in [1.82, 2.24) is 24.9 Å². The topological polar surface area (TPSA) is 75.4 Å². The number of nitrogens with zero attached hydrogens (tertiary/aromatic N) is 5. The minimum atomic E-state index is 0.0390. The molecule has 0 bridgehead atoms. The number of fused-ring (bicyclic) bond motifs is 1. The molecule has 1 fully saturated rings. The van der Waals surface area contributed by atoms with Crippen molar-refractivity contribution in [3.05, 3.63) is 66.1 Å². The van der Waals surface area contributed by atoms with Gasteiger partial charge in [-0.15, -0.1) is 5.10 Å². The number of aromatic nitrogens is 4. The summed E-state index contributed by atoms with van der Waals surface area (Å²) in [5.74, 6) is 0.152. The predicted molar refractivity (Wildman–Crippen MR) is 122 cm³/mol. The summed E-state index contributed by atoms with van der Waals surface area (Å²) in [6.45, 7) is 4.20. The highest BCUT2D eigenvalue weighted by atomic mass is 32.1. The Balaban J connectivity index is 1.19. The van der Waals surface area contributed by atoms with E-state index in [0.717, 1.165) is 53.0 Å². The first-order valence-corrected chi connectivity index (χ1v) is 11.3. The third-order valence-corrected chi connectivity index (χ3v) is 6.67. The molecule has 1 aliphatic rings. The van der Waals surface area contributed by atoms with Gasteiger partial charge in [-0.25, -0.2) is 9.50 Å². The molecule has 1 saturated heterocycles. The Kier molecular flexibility index (Phi) is 5.38. The Morgan fingerprint density at radius 2 is 1.97 bits per heavy atom. The molecule has 0 atom stereocenters. The monoisotopic (exact) mass is 432 g/mol. The van der Waals surface area contributed by atoms with Crippen LogP contribution in [0.15, 0.2) is 54.9 Å². The fourth-order valence-electron chi connectivity index (χ4n) is 3.84. The number of rotatable bonds is 5. The maximum Gasteiger partial charge on any atom is 0.223 e. The van der Waals surface area contributed by atoms with E-state index < -0.39 is 0 Å². The highest BCUT2D eigenvalue weighted by molar-refractivity contribution is 7.20. The fourth-order valence-corrected chi connectivity index (χ4v) is 4.77. The SMILES string of the molecule is Cc1ccc(-c2cn3nc(N4CCC(C(=O)NCc5ccccn5)CC4)sc3n2)cc1. The molecule has 1 aliphatic heterocycles. The van der Waals surface area contributed by atoms with E-state index >= 15 is 0 Å². The van der Waals surface area contributed by atoms with E-state index in [9.17, 15) is 4.79 Å². The summed E-state index contributed by atoms with van der Waals surface area (Å²) in [4.78, 5) is 24.7. The van der Waals surface area contributed by atoms with Gasteiger partial charge in [0, 0.05) is 30.8 Å². The Labute approximate surface area is 184 Å². The number of benzene rings is 1. The fraction of sp³-hybridized carbons (Fsp3) is 0.304. The summed E-state index contributed by atoms with van der Waals surface area (Å²) in [6.07, 6.45) is 5.38. The molecule has 8 heteroatoms. The maximum atomic E-state index is 12.5. The molecular weight excluding hydrogens is 408 g/mol. The van der Waals surface area contributed by atoms with E-state index in [-0.39, 0.29) is 11.8 Å². The van der Waals surface area contributed by atoms with Crippen LogP contribution in [0.1, 0.15) is 24.1 Å². The summed E-state index contributed by atoms with van der Waals surface area (Å²) in [5.41, 5.74) is 4.15. The third-order valence-electron chi connectivity index (χ3n) is 5.69. The lowest BCUT2D eigenvalue weighted by molar-refractivity contribution is -0.125. The maximum absolute atomic E-state index is 12.5. The van der Waals surface area contributed by atoms with Gasteiger partial charge in [-0.05, 0) is 31.9 Å². The van der Waals surface area contributed by atoms with Gasteiger partial charge in [0.25, 0.3) is 0 Å². The smallest absolute Gasteiger partial charge is 0.223 e. The van der Waals surface area contributed by atoms with Crippen LogP contribution >= 0.6 is 11.3 Å². The van der Waals surface area contributed by atoms with Gasteiger partial charge < -0.3 is 10.2 Å². The minimum Gasteiger partial charge on any atom is -0.350 e. The molecule has 1 aromatic carbocycles. The van der Waals surface area contributed by atoms with Crippen LogP contribution in [0.2, 0.25) is 0 Å². The average molecular weight is 433 g/mol. The number of hydrogen-bond donors (Lipinski definition) is 1. The number of piperidine rings is 1. The molecule has 0 spiro atoms. The lowest BCUT2D eigenvalue weighted by Gasteiger charge is -2.30. The zero-order valence-electron chi connectivity index (χ0n) is 17.4. The van der Waals surface area contributed by atoms with Gasteiger partial charge in [-0.3, -0.25) is 9.78 Å². The summed E-state index contributed by atoms with van der Waals surface area (Å²) in [5, 5.41) is 8.72. The lowest BCUT2D eigenvalue weighted by atomic mass is 9.96. The predicted octanol–water partition coefficient (Wildman–Crippen LogP) is 3.69. The largest absolute Gasteiger partial charge is 0.350 e. The van der Waals surface area contributed by atoms with Crippen LogP contribution in [0.5, 0.6) is 0 Å². The van der Waals surface area contributed by atoms with E-state index in [0.29, 0.717) is 6.54 Å². The quantitative estimate of drug-likeness (QED) is 0.521. The summed E-state index contributed by atoms with van der Waals surface area (Å²) in [7, 11) is 0. The van der Waals surface area contributed by atoms with Crippen molar-refractivity contribution in [1.29, 1.82) is 0 Å². The van der Waals surface area contributed by atoms with Gasteiger partial charge in [0.1, 0.15) is 0 Å². The summed E-state index contributed by atoms with van der Waals surface area (Å²) >= 11 is 1.60. The van der Waals surface area contributed by atoms with E-state index in [4.69, 9.17) is 10.1 Å². The molecule has 4 heterocycles. The molecular formula is C23H24N6OS. The number of nitrogens with one attached hydrogen (secondary N) is 1. The Morgan fingerprint density at radius 1 is 1.16 bits per heavy atom. The van der Waals surface area contributed by atoms with Gasteiger partial charge in [-0.2, -0.15) is 0 Å². The Hall–Kier alpha value is -3.26. The van der Waals surface area contributed by atoms with Crippen LogP contribution in [-0.4, -0.2) is 38.6 Å². The highest BCUT2D eigenvalue weighted by Gasteiger charge is 2.26. The van der Waals surface area contributed by atoms with Crippen LogP contribution in [0.3, 0.4) is 0 Å². The Morgan fingerprint density at radius 3 is 2.68 bits per heavy atom. The van der Waals surface area contributed by atoms with Gasteiger partial charge in [0.15, 0.2) is 0 Å². The number of anilines is 1. The van der Waals surface area contributed by atoms with Crippen molar-refractivity contribution < 1.29 is 4.79 Å². The first-order valence-electron chi connectivity index (χ1n) is 10.5. The molecule has 1 amide bonds. The van der Waals surface area contributed by atoms with Gasteiger partial charge in [-0.1, -0.05) is 47.2 Å². The second kappa shape index (κ2) is 8.47. The van der Waals surface area contributed by atoms with Crippen molar-refractivity contribution in [3.63, 3.8) is 0 Å². The number of carbonyl (C=O) groups is 1. The van der Waals surface area contributed by atoms with Gasteiger partial charge in [0.2, 0.25) is 16.0 Å². The van der Waals surface area contributed by atoms with Crippen molar-refractivity contribution in [3.8, 4) is 11.3 Å². The number of imidazole rings is 1.